The van der Waals surface area contributed by atoms with Gasteiger partial charge in [0.2, 0.25) is 17.7 Å². The van der Waals surface area contributed by atoms with Gasteiger partial charge in [-0.3, -0.25) is 19.4 Å². The van der Waals surface area contributed by atoms with Gasteiger partial charge >= 0.3 is 5.97 Å². The molecular formula is C23H38N8O5. The van der Waals surface area contributed by atoms with Crippen LogP contribution in [0, 0.1) is 0 Å². The lowest BCUT2D eigenvalue weighted by molar-refractivity contribution is -0.142. The average Bonchev–Trinajstić information content (AvgIpc) is 2.84. The molecule has 0 spiro atoms. The highest BCUT2D eigenvalue weighted by atomic mass is 16.4. The Bertz CT molecular complexity index is 877. The SMILES string of the molecule is NCCCC[C@H](N)C(=O)NCC(=O)N[C@@H](Cc1ccccc1)C(=O)N[C@@H](CCCN=C(N)N)C(=O)O. The summed E-state index contributed by atoms with van der Waals surface area (Å²) in [6, 6.07) is 5.87. The van der Waals surface area contributed by atoms with Crippen LogP contribution in [0.1, 0.15) is 37.7 Å². The highest BCUT2D eigenvalue weighted by Crippen LogP contribution is 2.06. The molecule has 13 heteroatoms. The lowest BCUT2D eigenvalue weighted by atomic mass is 10.0. The van der Waals surface area contributed by atoms with Crippen molar-refractivity contribution in [2.24, 2.45) is 27.9 Å². The van der Waals surface area contributed by atoms with E-state index >= 15 is 0 Å². The first-order valence-corrected chi connectivity index (χ1v) is 11.8. The van der Waals surface area contributed by atoms with Crippen molar-refractivity contribution in [3.05, 3.63) is 35.9 Å². The molecule has 3 atom stereocenters. The summed E-state index contributed by atoms with van der Waals surface area (Å²) < 4.78 is 0. The summed E-state index contributed by atoms with van der Waals surface area (Å²) in [6.07, 6.45) is 2.38. The summed E-state index contributed by atoms with van der Waals surface area (Å²) >= 11 is 0. The van der Waals surface area contributed by atoms with E-state index in [0.29, 0.717) is 25.8 Å². The molecule has 0 aromatic heterocycles. The van der Waals surface area contributed by atoms with Crippen LogP contribution in [0.5, 0.6) is 0 Å². The highest BCUT2D eigenvalue weighted by molar-refractivity contribution is 5.92. The molecule has 200 valence electrons. The number of benzene rings is 1. The van der Waals surface area contributed by atoms with Gasteiger partial charge in [0.1, 0.15) is 12.1 Å². The minimum atomic E-state index is -1.23. The first-order valence-electron chi connectivity index (χ1n) is 11.8. The lowest BCUT2D eigenvalue weighted by Crippen LogP contribution is -2.54. The number of aliphatic carboxylic acids is 1. The van der Waals surface area contributed by atoms with Gasteiger partial charge in [0.15, 0.2) is 5.96 Å². The molecule has 36 heavy (non-hydrogen) atoms. The fourth-order valence-corrected chi connectivity index (χ4v) is 3.28. The molecule has 0 saturated heterocycles. The van der Waals surface area contributed by atoms with Crippen LogP contribution in [0.4, 0.5) is 0 Å². The fraction of sp³-hybridized carbons (Fsp3) is 0.522. The molecule has 12 N–H and O–H groups in total. The summed E-state index contributed by atoms with van der Waals surface area (Å²) in [4.78, 5) is 53.0. The fourth-order valence-electron chi connectivity index (χ4n) is 3.28. The van der Waals surface area contributed by atoms with Gasteiger partial charge in [-0.1, -0.05) is 36.8 Å². The number of rotatable bonds is 17. The molecule has 0 saturated carbocycles. The Morgan fingerprint density at radius 1 is 0.917 bits per heavy atom. The van der Waals surface area contributed by atoms with Crippen molar-refractivity contribution in [2.45, 2.75) is 56.7 Å². The van der Waals surface area contributed by atoms with E-state index in [1.807, 2.05) is 0 Å². The van der Waals surface area contributed by atoms with E-state index in [2.05, 4.69) is 20.9 Å². The maximum Gasteiger partial charge on any atom is 0.326 e. The number of unbranched alkanes of at least 4 members (excludes halogenated alkanes) is 1. The minimum Gasteiger partial charge on any atom is -0.480 e. The number of nitrogens with one attached hydrogen (secondary N) is 3. The van der Waals surface area contributed by atoms with E-state index in [-0.39, 0.29) is 31.9 Å². The molecule has 3 amide bonds. The zero-order valence-corrected chi connectivity index (χ0v) is 20.3. The Balaban J connectivity index is 2.77. The first-order chi connectivity index (χ1) is 17.1. The summed E-state index contributed by atoms with van der Waals surface area (Å²) in [5.41, 5.74) is 22.5. The molecule has 1 aromatic carbocycles. The molecule has 13 nitrogen and oxygen atoms in total. The number of guanidine groups is 1. The van der Waals surface area contributed by atoms with Crippen LogP contribution < -0.4 is 38.9 Å². The van der Waals surface area contributed by atoms with Crippen LogP contribution in [0.2, 0.25) is 0 Å². The summed E-state index contributed by atoms with van der Waals surface area (Å²) in [5.74, 6) is -3.12. The average molecular weight is 507 g/mol. The van der Waals surface area contributed by atoms with Crippen molar-refractivity contribution in [3.63, 3.8) is 0 Å². The van der Waals surface area contributed by atoms with Crippen LogP contribution >= 0.6 is 0 Å². The van der Waals surface area contributed by atoms with E-state index in [1.54, 1.807) is 30.3 Å². The normalized spacial score (nSPS) is 13.1. The Morgan fingerprint density at radius 3 is 2.22 bits per heavy atom. The predicted octanol–water partition coefficient (Wildman–Crippen LogP) is -2.09. The lowest BCUT2D eigenvalue weighted by Gasteiger charge is -2.22. The second kappa shape index (κ2) is 16.8. The number of carbonyl (C=O) groups excluding carboxylic acids is 3. The van der Waals surface area contributed by atoms with Crippen LogP contribution in [0.25, 0.3) is 0 Å². The molecule has 0 fully saturated rings. The maximum atomic E-state index is 13.0. The Labute approximate surface area is 210 Å². The number of amides is 3. The van der Waals surface area contributed by atoms with Crippen molar-refractivity contribution in [2.75, 3.05) is 19.6 Å². The molecule has 0 aliphatic heterocycles. The highest BCUT2D eigenvalue weighted by Gasteiger charge is 2.27. The molecule has 0 unspecified atom stereocenters. The quantitative estimate of drug-likeness (QED) is 0.0655. The van der Waals surface area contributed by atoms with Gasteiger partial charge in [0.05, 0.1) is 12.6 Å². The topological polar surface area (TPSA) is 241 Å². The van der Waals surface area contributed by atoms with E-state index in [0.717, 1.165) is 12.0 Å². The van der Waals surface area contributed by atoms with Crippen LogP contribution in [-0.2, 0) is 25.6 Å². The first kappa shape index (κ1) is 30.3. The van der Waals surface area contributed by atoms with E-state index < -0.39 is 41.8 Å². The number of hydrogen-bond donors (Lipinski definition) is 8. The monoisotopic (exact) mass is 506 g/mol. The van der Waals surface area contributed by atoms with Gasteiger partial charge < -0.3 is 44.0 Å². The smallest absolute Gasteiger partial charge is 0.326 e. The third-order valence-corrected chi connectivity index (χ3v) is 5.22. The largest absolute Gasteiger partial charge is 0.480 e. The van der Waals surface area contributed by atoms with E-state index in [1.165, 1.54) is 0 Å². The van der Waals surface area contributed by atoms with E-state index in [9.17, 15) is 24.3 Å². The van der Waals surface area contributed by atoms with Gasteiger partial charge in [0, 0.05) is 13.0 Å². The maximum absolute atomic E-state index is 13.0. The van der Waals surface area contributed by atoms with Crippen molar-refractivity contribution in [3.8, 4) is 0 Å². The van der Waals surface area contributed by atoms with Crippen molar-refractivity contribution < 1.29 is 24.3 Å². The molecule has 0 heterocycles. The van der Waals surface area contributed by atoms with Crippen molar-refractivity contribution in [1.82, 2.24) is 16.0 Å². The molecule has 0 bridgehead atoms. The van der Waals surface area contributed by atoms with Gasteiger partial charge in [-0.2, -0.15) is 0 Å². The summed E-state index contributed by atoms with van der Waals surface area (Å²) in [7, 11) is 0. The molecule has 0 aliphatic carbocycles. The van der Waals surface area contributed by atoms with Crippen molar-refractivity contribution >= 4 is 29.7 Å². The number of carboxylic acid groups (broad SMARTS) is 1. The van der Waals surface area contributed by atoms with Gasteiger partial charge in [-0.05, 0) is 37.8 Å². The van der Waals surface area contributed by atoms with Crippen LogP contribution in [0.15, 0.2) is 35.3 Å². The number of nitrogens with zero attached hydrogens (tertiary/aromatic N) is 1. The third-order valence-electron chi connectivity index (χ3n) is 5.22. The number of carboxylic acids is 1. The standard InChI is InChI=1S/C23H38N8O5/c24-11-5-4-9-16(25)20(33)29-14-19(32)30-18(13-15-7-2-1-3-8-15)21(34)31-17(22(35)36)10-6-12-28-23(26)27/h1-3,7-8,16-18H,4-6,9-14,24-25H2,(H,29,33)(H,30,32)(H,31,34)(H,35,36)(H4,26,27,28)/t16-,17-,18-/m0/s1. The minimum absolute atomic E-state index is 0.0853. The molecule has 1 rings (SSSR count). The van der Waals surface area contributed by atoms with E-state index in [4.69, 9.17) is 22.9 Å². The zero-order valence-electron chi connectivity index (χ0n) is 20.3. The second-order valence-corrected chi connectivity index (χ2v) is 8.27. The molecule has 0 aliphatic rings. The second-order valence-electron chi connectivity index (χ2n) is 8.27. The van der Waals surface area contributed by atoms with Crippen LogP contribution in [0.3, 0.4) is 0 Å². The summed E-state index contributed by atoms with van der Waals surface area (Å²) in [5, 5.41) is 17.0. The van der Waals surface area contributed by atoms with Crippen molar-refractivity contribution in [1.29, 1.82) is 0 Å². The van der Waals surface area contributed by atoms with Gasteiger partial charge in [-0.15, -0.1) is 0 Å². The molecular weight excluding hydrogens is 468 g/mol. The summed E-state index contributed by atoms with van der Waals surface area (Å²) in [6.45, 7) is 0.323. The molecule has 1 aromatic rings. The Morgan fingerprint density at radius 2 is 1.61 bits per heavy atom. The number of nitrogens with two attached hydrogens (primary N) is 4. The number of hydrogen-bond acceptors (Lipinski definition) is 7. The predicted molar refractivity (Wildman–Crippen MR) is 135 cm³/mol. The Hall–Kier alpha value is -3.71. The number of aliphatic imine (C=N–C) groups is 1. The Kier molecular flexibility index (Phi) is 14.2. The third kappa shape index (κ3) is 12.7. The van der Waals surface area contributed by atoms with Gasteiger partial charge in [0.25, 0.3) is 0 Å². The zero-order chi connectivity index (χ0) is 26.9. The number of carbonyl (C=O) groups is 4. The molecule has 0 radical (unpaired) electrons. The van der Waals surface area contributed by atoms with Crippen LogP contribution in [-0.4, -0.2) is 72.5 Å². The van der Waals surface area contributed by atoms with Gasteiger partial charge in [-0.25, -0.2) is 4.79 Å².